The number of benzene rings is 1. The summed E-state index contributed by atoms with van der Waals surface area (Å²) in [6.45, 7) is 2.03. The number of hydrazine groups is 1. The van der Waals surface area contributed by atoms with Gasteiger partial charge in [-0.3, -0.25) is 0 Å². The normalized spacial score (nSPS) is 13.6. The molecule has 0 saturated heterocycles. The van der Waals surface area contributed by atoms with Crippen LogP contribution in [0.3, 0.4) is 0 Å². The Labute approximate surface area is 124 Å². The maximum atomic E-state index is 5.96. The highest BCUT2D eigenvalue weighted by Crippen LogP contribution is 2.30. The molecule has 0 saturated carbocycles. The third-order valence-electron chi connectivity index (χ3n) is 3.93. The van der Waals surface area contributed by atoms with E-state index in [0.717, 1.165) is 24.2 Å². The standard InChI is InChI=1S/C16H20N4O/c1-2-14-15(20-17)18-10-19-16(14)21-13-8-7-11-5-3-4-6-12(11)9-13/h7-10H,2-6,17H2,1H3,(H,18,19,20). The van der Waals surface area contributed by atoms with Crippen LogP contribution in [0, 0.1) is 0 Å². The van der Waals surface area contributed by atoms with Crippen LogP contribution < -0.4 is 16.0 Å². The minimum atomic E-state index is 0.566. The van der Waals surface area contributed by atoms with Gasteiger partial charge in [-0.1, -0.05) is 13.0 Å². The summed E-state index contributed by atoms with van der Waals surface area (Å²) in [6, 6.07) is 6.31. The molecule has 0 bridgehead atoms. The van der Waals surface area contributed by atoms with Crippen molar-refractivity contribution in [3.8, 4) is 11.6 Å². The van der Waals surface area contributed by atoms with Crippen LogP contribution in [0.4, 0.5) is 5.82 Å². The van der Waals surface area contributed by atoms with Crippen LogP contribution in [-0.2, 0) is 19.3 Å². The highest BCUT2D eigenvalue weighted by Gasteiger charge is 2.13. The SMILES string of the molecule is CCc1c(NN)ncnc1Oc1ccc2c(c1)CCCC2. The molecule has 0 radical (unpaired) electrons. The van der Waals surface area contributed by atoms with Crippen LogP contribution in [0.15, 0.2) is 24.5 Å². The Bertz CT molecular complexity index is 642. The first-order valence-corrected chi connectivity index (χ1v) is 7.42. The second kappa shape index (κ2) is 6.10. The van der Waals surface area contributed by atoms with Crippen molar-refractivity contribution in [1.82, 2.24) is 9.97 Å². The number of nitrogens with one attached hydrogen (secondary N) is 1. The van der Waals surface area contributed by atoms with Gasteiger partial charge in [-0.15, -0.1) is 0 Å². The first kappa shape index (κ1) is 13.8. The van der Waals surface area contributed by atoms with Crippen molar-refractivity contribution < 1.29 is 4.74 Å². The maximum Gasteiger partial charge on any atom is 0.227 e. The number of nitrogens with zero attached hydrogens (tertiary/aromatic N) is 2. The summed E-state index contributed by atoms with van der Waals surface area (Å²) in [7, 11) is 0. The zero-order chi connectivity index (χ0) is 14.7. The Kier molecular flexibility index (Phi) is 4.01. The van der Waals surface area contributed by atoms with Gasteiger partial charge in [0.15, 0.2) is 0 Å². The number of aromatic nitrogens is 2. The van der Waals surface area contributed by atoms with Gasteiger partial charge >= 0.3 is 0 Å². The number of nitrogen functional groups attached to an aromatic ring is 1. The van der Waals surface area contributed by atoms with E-state index < -0.39 is 0 Å². The van der Waals surface area contributed by atoms with Gasteiger partial charge < -0.3 is 10.2 Å². The fourth-order valence-corrected chi connectivity index (χ4v) is 2.81. The summed E-state index contributed by atoms with van der Waals surface area (Å²) in [5.74, 6) is 7.49. The summed E-state index contributed by atoms with van der Waals surface area (Å²) in [6.07, 6.45) is 7.05. The Morgan fingerprint density at radius 3 is 2.76 bits per heavy atom. The van der Waals surface area contributed by atoms with Crippen LogP contribution in [0.2, 0.25) is 0 Å². The molecule has 1 aromatic carbocycles. The molecule has 1 aliphatic rings. The number of anilines is 1. The van der Waals surface area contributed by atoms with E-state index in [1.165, 1.54) is 36.7 Å². The number of ether oxygens (including phenoxy) is 1. The zero-order valence-corrected chi connectivity index (χ0v) is 12.2. The van der Waals surface area contributed by atoms with Gasteiger partial charge in [0.05, 0.1) is 5.56 Å². The van der Waals surface area contributed by atoms with Gasteiger partial charge in [0, 0.05) is 0 Å². The summed E-state index contributed by atoms with van der Waals surface area (Å²) in [4.78, 5) is 8.35. The van der Waals surface area contributed by atoms with E-state index in [1.54, 1.807) is 0 Å². The number of nitrogens with two attached hydrogens (primary N) is 1. The highest BCUT2D eigenvalue weighted by molar-refractivity contribution is 5.49. The van der Waals surface area contributed by atoms with E-state index in [4.69, 9.17) is 10.6 Å². The molecule has 3 N–H and O–H groups in total. The third-order valence-corrected chi connectivity index (χ3v) is 3.93. The van der Waals surface area contributed by atoms with Crippen molar-refractivity contribution in [2.45, 2.75) is 39.0 Å². The lowest BCUT2D eigenvalue weighted by Gasteiger charge is -2.17. The highest BCUT2D eigenvalue weighted by atomic mass is 16.5. The van der Waals surface area contributed by atoms with Gasteiger partial charge in [-0.2, -0.15) is 0 Å². The molecule has 21 heavy (non-hydrogen) atoms. The predicted molar refractivity (Wildman–Crippen MR) is 82.4 cm³/mol. The quantitative estimate of drug-likeness (QED) is 0.667. The smallest absolute Gasteiger partial charge is 0.227 e. The summed E-state index contributed by atoms with van der Waals surface area (Å²) >= 11 is 0. The van der Waals surface area contributed by atoms with E-state index in [2.05, 4.69) is 27.5 Å². The van der Waals surface area contributed by atoms with Crippen LogP contribution >= 0.6 is 0 Å². The molecule has 0 aliphatic heterocycles. The monoisotopic (exact) mass is 284 g/mol. The Balaban J connectivity index is 1.90. The number of hydrogen-bond donors (Lipinski definition) is 2. The van der Waals surface area contributed by atoms with Gasteiger partial charge in [-0.25, -0.2) is 15.8 Å². The van der Waals surface area contributed by atoms with Gasteiger partial charge in [-0.05, 0) is 55.4 Å². The van der Waals surface area contributed by atoms with Crippen molar-refractivity contribution >= 4 is 5.82 Å². The fraction of sp³-hybridized carbons (Fsp3) is 0.375. The third kappa shape index (κ3) is 2.83. The number of rotatable bonds is 4. The minimum absolute atomic E-state index is 0.566. The van der Waals surface area contributed by atoms with Crippen molar-refractivity contribution in [3.05, 3.63) is 41.2 Å². The molecule has 5 heteroatoms. The van der Waals surface area contributed by atoms with E-state index in [9.17, 15) is 0 Å². The topological polar surface area (TPSA) is 73.1 Å². The average Bonchev–Trinajstić information content (AvgIpc) is 2.54. The Hall–Kier alpha value is -2.14. The molecular weight excluding hydrogens is 264 g/mol. The lowest BCUT2D eigenvalue weighted by Crippen LogP contribution is -2.12. The number of fused-ring (bicyclic) bond motifs is 1. The molecular formula is C16H20N4O. The van der Waals surface area contributed by atoms with Crippen LogP contribution in [0.1, 0.15) is 36.5 Å². The van der Waals surface area contributed by atoms with Gasteiger partial charge in [0.25, 0.3) is 0 Å². The molecule has 0 spiro atoms. The molecule has 0 atom stereocenters. The van der Waals surface area contributed by atoms with E-state index in [0.29, 0.717) is 11.7 Å². The van der Waals surface area contributed by atoms with E-state index in [-0.39, 0.29) is 0 Å². The summed E-state index contributed by atoms with van der Waals surface area (Å²) < 4.78 is 5.96. The van der Waals surface area contributed by atoms with Crippen molar-refractivity contribution in [3.63, 3.8) is 0 Å². The minimum Gasteiger partial charge on any atom is -0.439 e. The molecule has 110 valence electrons. The molecule has 1 aromatic heterocycles. The Morgan fingerprint density at radius 2 is 2.00 bits per heavy atom. The lowest BCUT2D eigenvalue weighted by atomic mass is 9.92. The molecule has 1 heterocycles. The van der Waals surface area contributed by atoms with Crippen molar-refractivity contribution in [1.29, 1.82) is 0 Å². The first-order chi connectivity index (χ1) is 10.3. The molecule has 0 fully saturated rings. The summed E-state index contributed by atoms with van der Waals surface area (Å²) in [5.41, 5.74) is 6.31. The van der Waals surface area contributed by atoms with Crippen LogP contribution in [0.25, 0.3) is 0 Å². The molecule has 0 unspecified atom stereocenters. The Morgan fingerprint density at radius 1 is 1.19 bits per heavy atom. The first-order valence-electron chi connectivity index (χ1n) is 7.42. The lowest BCUT2D eigenvalue weighted by molar-refractivity contribution is 0.454. The molecule has 3 rings (SSSR count). The number of hydrogen-bond acceptors (Lipinski definition) is 5. The largest absolute Gasteiger partial charge is 0.439 e. The molecule has 5 nitrogen and oxygen atoms in total. The van der Waals surface area contributed by atoms with Gasteiger partial charge in [0.2, 0.25) is 5.88 Å². The van der Waals surface area contributed by atoms with E-state index >= 15 is 0 Å². The van der Waals surface area contributed by atoms with Crippen molar-refractivity contribution in [2.24, 2.45) is 5.84 Å². The van der Waals surface area contributed by atoms with Crippen molar-refractivity contribution in [2.75, 3.05) is 5.43 Å². The zero-order valence-electron chi connectivity index (χ0n) is 12.2. The average molecular weight is 284 g/mol. The maximum absolute atomic E-state index is 5.96. The molecule has 2 aromatic rings. The number of aryl methyl sites for hydroxylation is 2. The predicted octanol–water partition coefficient (Wildman–Crippen LogP) is 3.00. The molecule has 1 aliphatic carbocycles. The van der Waals surface area contributed by atoms with Gasteiger partial charge in [0.1, 0.15) is 17.9 Å². The van der Waals surface area contributed by atoms with E-state index in [1.807, 2.05) is 13.0 Å². The fourth-order valence-electron chi connectivity index (χ4n) is 2.81. The molecule has 0 amide bonds. The van der Waals surface area contributed by atoms with Crippen LogP contribution in [0.5, 0.6) is 11.6 Å². The second-order valence-corrected chi connectivity index (χ2v) is 5.24. The second-order valence-electron chi connectivity index (χ2n) is 5.24. The summed E-state index contributed by atoms with van der Waals surface area (Å²) in [5, 5.41) is 0. The van der Waals surface area contributed by atoms with Crippen LogP contribution in [-0.4, -0.2) is 9.97 Å².